The van der Waals surface area contributed by atoms with Crippen molar-refractivity contribution in [3.05, 3.63) is 63.2 Å². The van der Waals surface area contributed by atoms with Gasteiger partial charge in [-0.3, -0.25) is 9.59 Å². The molecule has 0 radical (unpaired) electrons. The van der Waals surface area contributed by atoms with Gasteiger partial charge in [-0.2, -0.15) is 0 Å². The standard InChI is InChI=1S/C24H28N4O2S/c1-15-6-2-3-7-16(15)23-22-18(14-26-24(22)30)27-17-8-4-5-9-19(17)28(23)21(29)11-10-20-25-12-13-31-20/h2-3,6-7,12-13,17,19,23,27H,4-5,8-11,14H2,1H3,(H,26,30). The summed E-state index contributed by atoms with van der Waals surface area (Å²) in [5.74, 6) is 0.0442. The number of aromatic nitrogens is 1. The van der Waals surface area contributed by atoms with Crippen LogP contribution in [0.1, 0.15) is 54.3 Å². The third-order valence-corrected chi connectivity index (χ3v) is 7.64. The molecule has 3 unspecified atom stereocenters. The van der Waals surface area contributed by atoms with Crippen molar-refractivity contribution in [2.75, 3.05) is 6.54 Å². The zero-order chi connectivity index (χ0) is 21.4. The fourth-order valence-corrected chi connectivity index (χ4v) is 5.95. The Labute approximate surface area is 186 Å². The summed E-state index contributed by atoms with van der Waals surface area (Å²) in [6.45, 7) is 2.58. The van der Waals surface area contributed by atoms with E-state index < -0.39 is 0 Å². The van der Waals surface area contributed by atoms with Crippen molar-refractivity contribution >= 4 is 23.2 Å². The van der Waals surface area contributed by atoms with E-state index in [-0.39, 0.29) is 29.9 Å². The third-order valence-electron chi connectivity index (χ3n) is 6.80. The van der Waals surface area contributed by atoms with Crippen LogP contribution in [0, 0.1) is 6.92 Å². The highest BCUT2D eigenvalue weighted by Crippen LogP contribution is 2.41. The van der Waals surface area contributed by atoms with E-state index in [9.17, 15) is 9.59 Å². The quantitative estimate of drug-likeness (QED) is 0.772. The number of benzene rings is 1. The topological polar surface area (TPSA) is 74.3 Å². The number of amides is 2. The number of carbonyl (C=O) groups excluding carboxylic acids is 2. The molecule has 0 saturated heterocycles. The summed E-state index contributed by atoms with van der Waals surface area (Å²) in [5, 5.41) is 9.60. The minimum atomic E-state index is -0.358. The Kier molecular flexibility index (Phi) is 5.52. The van der Waals surface area contributed by atoms with E-state index in [1.54, 1.807) is 17.5 Å². The monoisotopic (exact) mass is 436 g/mol. The molecule has 6 nitrogen and oxygen atoms in total. The molecule has 162 valence electrons. The number of rotatable bonds is 4. The lowest BCUT2D eigenvalue weighted by Gasteiger charge is -2.43. The number of nitrogens with zero attached hydrogens (tertiary/aromatic N) is 2. The first kappa shape index (κ1) is 20.2. The van der Waals surface area contributed by atoms with Gasteiger partial charge in [0.1, 0.15) is 0 Å². The molecule has 3 heterocycles. The van der Waals surface area contributed by atoms with Gasteiger partial charge in [-0.25, -0.2) is 4.98 Å². The van der Waals surface area contributed by atoms with Crippen LogP contribution < -0.4 is 10.6 Å². The molecule has 1 fully saturated rings. The highest BCUT2D eigenvalue weighted by atomic mass is 32.1. The largest absolute Gasteiger partial charge is 0.382 e. The maximum absolute atomic E-state index is 13.8. The van der Waals surface area contributed by atoms with Crippen molar-refractivity contribution in [1.82, 2.24) is 20.5 Å². The van der Waals surface area contributed by atoms with Gasteiger partial charge in [0.05, 0.1) is 29.2 Å². The Balaban J connectivity index is 1.59. The van der Waals surface area contributed by atoms with Crippen LogP contribution in [0.4, 0.5) is 0 Å². The van der Waals surface area contributed by atoms with Crippen molar-refractivity contribution < 1.29 is 9.59 Å². The van der Waals surface area contributed by atoms with E-state index >= 15 is 0 Å². The molecule has 0 bridgehead atoms. The van der Waals surface area contributed by atoms with Gasteiger partial charge >= 0.3 is 0 Å². The van der Waals surface area contributed by atoms with Gasteiger partial charge in [0, 0.05) is 36.2 Å². The predicted octanol–water partition coefficient (Wildman–Crippen LogP) is 3.25. The maximum Gasteiger partial charge on any atom is 0.251 e. The smallest absolute Gasteiger partial charge is 0.251 e. The van der Waals surface area contributed by atoms with Gasteiger partial charge < -0.3 is 15.5 Å². The fourth-order valence-electron chi connectivity index (χ4n) is 5.33. The zero-order valence-electron chi connectivity index (χ0n) is 17.8. The first-order valence-electron chi connectivity index (χ1n) is 11.2. The van der Waals surface area contributed by atoms with Gasteiger partial charge in [-0.15, -0.1) is 11.3 Å². The Morgan fingerprint density at radius 2 is 2.10 bits per heavy atom. The van der Waals surface area contributed by atoms with Crippen LogP contribution in [0.25, 0.3) is 0 Å². The number of thiazole rings is 1. The van der Waals surface area contributed by atoms with Crippen LogP contribution in [0.2, 0.25) is 0 Å². The van der Waals surface area contributed by atoms with Gasteiger partial charge in [-0.1, -0.05) is 37.1 Å². The van der Waals surface area contributed by atoms with Crippen LogP contribution in [0.15, 0.2) is 47.1 Å². The fraction of sp³-hybridized carbons (Fsp3) is 0.458. The van der Waals surface area contributed by atoms with Crippen molar-refractivity contribution in [2.24, 2.45) is 0 Å². The molecular weight excluding hydrogens is 408 g/mol. The van der Waals surface area contributed by atoms with Crippen molar-refractivity contribution in [3.63, 3.8) is 0 Å². The second-order valence-corrected chi connectivity index (χ2v) is 9.64. The first-order valence-corrected chi connectivity index (χ1v) is 12.0. The highest BCUT2D eigenvalue weighted by Gasteiger charge is 2.46. The predicted molar refractivity (Wildman–Crippen MR) is 120 cm³/mol. The Bertz CT molecular complexity index is 1020. The van der Waals surface area contributed by atoms with E-state index in [0.717, 1.165) is 47.5 Å². The number of aryl methyl sites for hydroxylation is 2. The second-order valence-electron chi connectivity index (χ2n) is 8.66. The second kappa shape index (κ2) is 8.46. The summed E-state index contributed by atoms with van der Waals surface area (Å²) in [5.41, 5.74) is 3.82. The first-order chi connectivity index (χ1) is 15.1. The number of nitrogens with one attached hydrogen (secondary N) is 2. The van der Waals surface area contributed by atoms with Crippen LogP contribution in [-0.2, 0) is 16.0 Å². The maximum atomic E-state index is 13.8. The summed E-state index contributed by atoms with van der Waals surface area (Å²) in [7, 11) is 0. The van der Waals surface area contributed by atoms with Crippen molar-refractivity contribution in [3.8, 4) is 0 Å². The summed E-state index contributed by atoms with van der Waals surface area (Å²) in [4.78, 5) is 33.2. The normalized spacial score (nSPS) is 25.4. The lowest BCUT2D eigenvalue weighted by Crippen LogP contribution is -2.53. The van der Waals surface area contributed by atoms with Crippen LogP contribution in [0.3, 0.4) is 0 Å². The molecule has 3 aliphatic rings. The van der Waals surface area contributed by atoms with E-state index in [1.807, 2.05) is 17.5 Å². The lowest BCUT2D eigenvalue weighted by atomic mass is 9.86. The molecule has 0 spiro atoms. The minimum Gasteiger partial charge on any atom is -0.382 e. The molecule has 1 aliphatic carbocycles. The number of carbonyl (C=O) groups is 2. The van der Waals surface area contributed by atoms with Crippen LogP contribution >= 0.6 is 11.3 Å². The highest BCUT2D eigenvalue weighted by molar-refractivity contribution is 7.09. The van der Waals surface area contributed by atoms with E-state index in [0.29, 0.717) is 25.0 Å². The number of hydrogen-bond acceptors (Lipinski definition) is 5. The van der Waals surface area contributed by atoms with E-state index in [1.165, 1.54) is 0 Å². The Morgan fingerprint density at radius 3 is 2.90 bits per heavy atom. The van der Waals surface area contributed by atoms with Crippen molar-refractivity contribution in [1.29, 1.82) is 0 Å². The molecule has 1 aromatic heterocycles. The van der Waals surface area contributed by atoms with E-state index in [2.05, 4.69) is 39.6 Å². The van der Waals surface area contributed by atoms with Gasteiger partial charge in [0.2, 0.25) is 5.91 Å². The molecule has 7 heteroatoms. The lowest BCUT2D eigenvalue weighted by molar-refractivity contribution is -0.137. The molecule has 1 aromatic carbocycles. The van der Waals surface area contributed by atoms with Crippen LogP contribution in [-0.4, -0.2) is 40.3 Å². The summed E-state index contributed by atoms with van der Waals surface area (Å²) < 4.78 is 0. The van der Waals surface area contributed by atoms with Gasteiger partial charge in [-0.05, 0) is 30.9 Å². The Hall–Kier alpha value is -2.67. The number of fused-ring (bicyclic) bond motifs is 1. The zero-order valence-corrected chi connectivity index (χ0v) is 18.6. The minimum absolute atomic E-state index is 0.0628. The number of hydrogen-bond donors (Lipinski definition) is 2. The summed E-state index contributed by atoms with van der Waals surface area (Å²) >= 11 is 1.59. The molecule has 3 atom stereocenters. The summed E-state index contributed by atoms with van der Waals surface area (Å²) in [6, 6.07) is 8.06. The van der Waals surface area contributed by atoms with Crippen LogP contribution in [0.5, 0.6) is 0 Å². The average Bonchev–Trinajstić information content (AvgIpc) is 3.39. The van der Waals surface area contributed by atoms with E-state index in [4.69, 9.17) is 0 Å². The van der Waals surface area contributed by atoms with Gasteiger partial charge in [0.15, 0.2) is 0 Å². The van der Waals surface area contributed by atoms with Crippen molar-refractivity contribution in [2.45, 2.75) is 63.6 Å². The van der Waals surface area contributed by atoms with Gasteiger partial charge in [0.25, 0.3) is 5.91 Å². The Morgan fingerprint density at radius 1 is 1.26 bits per heavy atom. The molecule has 2 N–H and O–H groups in total. The molecular formula is C24H28N4O2S. The molecule has 5 rings (SSSR count). The molecule has 2 amide bonds. The summed E-state index contributed by atoms with van der Waals surface area (Å²) in [6.07, 6.45) is 7.07. The average molecular weight is 437 g/mol. The molecule has 2 aliphatic heterocycles. The third kappa shape index (κ3) is 3.76. The SMILES string of the molecule is Cc1ccccc1C1C2=C(CNC2=O)NC2CCCCC2N1C(=O)CCc1nccs1. The molecule has 2 aromatic rings. The molecule has 31 heavy (non-hydrogen) atoms. The molecule has 1 saturated carbocycles.